The third-order valence-electron chi connectivity index (χ3n) is 5.21. The minimum atomic E-state index is -0.447. The Labute approximate surface area is 168 Å². The van der Waals surface area contributed by atoms with Gasteiger partial charge in [-0.25, -0.2) is 9.78 Å². The first-order valence-electron chi connectivity index (χ1n) is 9.89. The van der Waals surface area contributed by atoms with Crippen LogP contribution in [0.5, 0.6) is 0 Å². The molecule has 1 N–H and O–H groups in total. The zero-order valence-electron chi connectivity index (χ0n) is 16.6. The molecule has 1 fully saturated rings. The Morgan fingerprint density at radius 1 is 1.21 bits per heavy atom. The molecule has 1 saturated heterocycles. The number of hydrogen-bond acceptors (Lipinski definition) is 5. The molecule has 0 bridgehead atoms. The number of nitrogens with one attached hydrogen (secondary N) is 1. The smallest absolute Gasteiger partial charge is 0.329 e. The van der Waals surface area contributed by atoms with E-state index in [1.54, 1.807) is 29.2 Å². The van der Waals surface area contributed by atoms with Crippen LogP contribution >= 0.6 is 0 Å². The first kappa shape index (κ1) is 19.2. The van der Waals surface area contributed by atoms with Crippen molar-refractivity contribution in [3.8, 4) is 0 Å². The van der Waals surface area contributed by atoms with E-state index < -0.39 is 6.03 Å². The van der Waals surface area contributed by atoms with Gasteiger partial charge in [0.25, 0.3) is 5.91 Å². The highest BCUT2D eigenvalue weighted by Gasteiger charge is 2.29. The molecule has 152 valence electrons. The van der Waals surface area contributed by atoms with Gasteiger partial charge in [-0.05, 0) is 36.6 Å². The molecule has 3 heterocycles. The van der Waals surface area contributed by atoms with E-state index in [9.17, 15) is 14.4 Å². The fourth-order valence-electron chi connectivity index (χ4n) is 3.56. The lowest BCUT2D eigenvalue weighted by Crippen LogP contribution is -2.35. The Morgan fingerprint density at radius 2 is 1.97 bits per heavy atom. The van der Waals surface area contributed by atoms with Gasteiger partial charge in [0, 0.05) is 30.6 Å². The van der Waals surface area contributed by atoms with Gasteiger partial charge in [-0.3, -0.25) is 19.8 Å². The standard InChI is InChI=1S/C21H24N4O4/c1-13(2)3-8-19-22-16-11-24(10-9-17(16)29-19)20(27)14-4-6-15(7-5-14)25-12-18(26)23-21(25)28/h4-7,13H,3,8-12H2,1-2H3,(H,23,26,28). The molecular formula is C21H24N4O4. The molecule has 0 spiro atoms. The van der Waals surface area contributed by atoms with Crippen molar-refractivity contribution in [2.45, 2.75) is 39.7 Å². The average molecular weight is 396 g/mol. The topological polar surface area (TPSA) is 95.8 Å². The van der Waals surface area contributed by atoms with E-state index in [0.717, 1.165) is 30.2 Å². The van der Waals surface area contributed by atoms with Gasteiger partial charge in [-0.2, -0.15) is 0 Å². The number of oxazole rings is 1. The maximum atomic E-state index is 12.9. The van der Waals surface area contributed by atoms with Gasteiger partial charge >= 0.3 is 6.03 Å². The summed E-state index contributed by atoms with van der Waals surface area (Å²) in [5.41, 5.74) is 1.95. The van der Waals surface area contributed by atoms with Gasteiger partial charge in [-0.1, -0.05) is 13.8 Å². The number of aryl methyl sites for hydroxylation is 1. The predicted molar refractivity (Wildman–Crippen MR) is 105 cm³/mol. The van der Waals surface area contributed by atoms with Crippen LogP contribution in [0.3, 0.4) is 0 Å². The molecule has 1 aromatic carbocycles. The molecule has 2 aromatic rings. The van der Waals surface area contributed by atoms with Crippen molar-refractivity contribution in [2.24, 2.45) is 5.92 Å². The number of nitrogens with zero attached hydrogens (tertiary/aromatic N) is 3. The Bertz CT molecular complexity index is 948. The van der Waals surface area contributed by atoms with Crippen LogP contribution in [0.25, 0.3) is 0 Å². The van der Waals surface area contributed by atoms with Crippen LogP contribution < -0.4 is 10.2 Å². The predicted octanol–water partition coefficient (Wildman–Crippen LogP) is 2.52. The van der Waals surface area contributed by atoms with Crippen LogP contribution in [0.15, 0.2) is 28.7 Å². The number of carbonyl (C=O) groups excluding carboxylic acids is 3. The zero-order chi connectivity index (χ0) is 20.5. The SMILES string of the molecule is CC(C)CCc1nc2c(o1)CCN(C(=O)c1ccc(N3CC(=O)NC3=O)cc1)C2. The van der Waals surface area contributed by atoms with E-state index >= 15 is 0 Å². The Kier molecular flexibility index (Phi) is 5.08. The Balaban J connectivity index is 1.42. The zero-order valence-corrected chi connectivity index (χ0v) is 16.6. The maximum Gasteiger partial charge on any atom is 0.329 e. The lowest BCUT2D eigenvalue weighted by molar-refractivity contribution is -0.117. The van der Waals surface area contributed by atoms with Gasteiger partial charge in [0.2, 0.25) is 5.91 Å². The number of benzene rings is 1. The average Bonchev–Trinajstić information content (AvgIpc) is 3.27. The highest BCUT2D eigenvalue weighted by atomic mass is 16.4. The lowest BCUT2D eigenvalue weighted by Gasteiger charge is -2.25. The van der Waals surface area contributed by atoms with E-state index in [2.05, 4.69) is 24.1 Å². The molecule has 4 amide bonds. The lowest BCUT2D eigenvalue weighted by atomic mass is 10.1. The number of fused-ring (bicyclic) bond motifs is 1. The second-order valence-corrected chi connectivity index (χ2v) is 7.87. The van der Waals surface area contributed by atoms with Crippen LogP contribution in [-0.2, 0) is 24.2 Å². The fraction of sp³-hybridized carbons (Fsp3) is 0.429. The molecule has 1 aromatic heterocycles. The number of urea groups is 1. The van der Waals surface area contributed by atoms with Crippen molar-refractivity contribution in [3.05, 3.63) is 47.2 Å². The summed E-state index contributed by atoms with van der Waals surface area (Å²) < 4.78 is 5.86. The van der Waals surface area contributed by atoms with Crippen LogP contribution in [-0.4, -0.2) is 40.8 Å². The number of imide groups is 1. The summed E-state index contributed by atoms with van der Waals surface area (Å²) in [5, 5.41) is 2.24. The summed E-state index contributed by atoms with van der Waals surface area (Å²) >= 11 is 0. The first-order chi connectivity index (χ1) is 13.9. The van der Waals surface area contributed by atoms with E-state index in [0.29, 0.717) is 36.7 Å². The Morgan fingerprint density at radius 3 is 2.62 bits per heavy atom. The molecule has 0 aliphatic carbocycles. The normalized spacial score (nSPS) is 16.4. The second kappa shape index (κ2) is 7.69. The van der Waals surface area contributed by atoms with Crippen molar-refractivity contribution in [1.82, 2.24) is 15.2 Å². The molecule has 2 aliphatic rings. The number of aromatic nitrogens is 1. The van der Waals surface area contributed by atoms with Gasteiger partial charge in [0.05, 0.1) is 6.54 Å². The summed E-state index contributed by atoms with van der Waals surface area (Å²) in [6, 6.07) is 6.28. The Hall–Kier alpha value is -3.16. The van der Waals surface area contributed by atoms with Crippen LogP contribution in [0.2, 0.25) is 0 Å². The van der Waals surface area contributed by atoms with Gasteiger partial charge in [0.15, 0.2) is 5.89 Å². The van der Waals surface area contributed by atoms with Crippen LogP contribution in [0.4, 0.5) is 10.5 Å². The van der Waals surface area contributed by atoms with Crippen LogP contribution in [0.1, 0.15) is 48.0 Å². The number of amides is 4. The number of carbonyl (C=O) groups is 3. The molecule has 0 radical (unpaired) electrons. The highest BCUT2D eigenvalue weighted by Crippen LogP contribution is 2.24. The van der Waals surface area contributed by atoms with E-state index in [-0.39, 0.29) is 18.4 Å². The maximum absolute atomic E-state index is 12.9. The summed E-state index contributed by atoms with van der Waals surface area (Å²) in [7, 11) is 0. The molecule has 0 atom stereocenters. The van der Waals surface area contributed by atoms with E-state index in [1.165, 1.54) is 4.90 Å². The molecule has 2 aliphatic heterocycles. The number of rotatable bonds is 5. The van der Waals surface area contributed by atoms with Crippen molar-refractivity contribution in [3.63, 3.8) is 0 Å². The summed E-state index contributed by atoms with van der Waals surface area (Å²) in [5.74, 6) is 1.80. The molecular weight excluding hydrogens is 372 g/mol. The van der Waals surface area contributed by atoms with E-state index in [4.69, 9.17) is 4.42 Å². The van der Waals surface area contributed by atoms with Gasteiger partial charge in [-0.15, -0.1) is 0 Å². The van der Waals surface area contributed by atoms with Crippen molar-refractivity contribution >= 4 is 23.5 Å². The summed E-state index contributed by atoms with van der Waals surface area (Å²) in [4.78, 5) is 43.7. The van der Waals surface area contributed by atoms with Crippen molar-refractivity contribution in [1.29, 1.82) is 0 Å². The van der Waals surface area contributed by atoms with Crippen molar-refractivity contribution in [2.75, 3.05) is 18.0 Å². The molecule has 8 nitrogen and oxygen atoms in total. The third kappa shape index (κ3) is 4.01. The van der Waals surface area contributed by atoms with E-state index in [1.807, 2.05) is 0 Å². The fourth-order valence-corrected chi connectivity index (χ4v) is 3.56. The summed E-state index contributed by atoms with van der Waals surface area (Å²) in [6.07, 6.45) is 2.49. The quantitative estimate of drug-likeness (QED) is 0.784. The van der Waals surface area contributed by atoms with Crippen LogP contribution in [0, 0.1) is 5.92 Å². The van der Waals surface area contributed by atoms with Crippen molar-refractivity contribution < 1.29 is 18.8 Å². The first-order valence-corrected chi connectivity index (χ1v) is 9.89. The number of hydrogen-bond donors (Lipinski definition) is 1. The minimum Gasteiger partial charge on any atom is -0.445 e. The molecule has 29 heavy (non-hydrogen) atoms. The third-order valence-corrected chi connectivity index (χ3v) is 5.21. The summed E-state index contributed by atoms with van der Waals surface area (Å²) in [6.45, 7) is 5.34. The van der Waals surface area contributed by atoms with Gasteiger partial charge in [0.1, 0.15) is 18.0 Å². The molecule has 4 rings (SSSR count). The highest BCUT2D eigenvalue weighted by molar-refractivity contribution is 6.12. The molecule has 8 heteroatoms. The largest absolute Gasteiger partial charge is 0.445 e. The monoisotopic (exact) mass is 396 g/mol. The second-order valence-electron chi connectivity index (χ2n) is 7.87. The minimum absolute atomic E-state index is 0.00761. The number of anilines is 1. The molecule has 0 unspecified atom stereocenters. The van der Waals surface area contributed by atoms with Gasteiger partial charge < -0.3 is 9.32 Å². The molecule has 0 saturated carbocycles.